The maximum atomic E-state index is 13.2. The summed E-state index contributed by atoms with van der Waals surface area (Å²) in [5, 5.41) is 8.91. The van der Waals surface area contributed by atoms with Gasteiger partial charge in [0.05, 0.1) is 16.8 Å². The summed E-state index contributed by atoms with van der Waals surface area (Å²) in [5.41, 5.74) is 1.64. The molecule has 7 heteroatoms. The van der Waals surface area contributed by atoms with Gasteiger partial charge in [-0.1, -0.05) is 43.3 Å². The van der Waals surface area contributed by atoms with Crippen molar-refractivity contribution in [1.29, 1.82) is 0 Å². The highest BCUT2D eigenvalue weighted by Crippen LogP contribution is 2.32. The minimum Gasteiger partial charge on any atom is -0.296 e. The number of carbonyl (C=O) groups excluding carboxylic acids is 1. The van der Waals surface area contributed by atoms with Gasteiger partial charge in [-0.3, -0.25) is 14.9 Å². The number of nitrogens with zero attached hydrogens (tertiary/aromatic N) is 3. The van der Waals surface area contributed by atoms with Gasteiger partial charge < -0.3 is 0 Å². The molecule has 5 rings (SSSR count). The zero-order chi connectivity index (χ0) is 20.7. The molecule has 2 aromatic heterocycles. The van der Waals surface area contributed by atoms with Gasteiger partial charge in [-0.2, -0.15) is 9.78 Å². The molecular formula is C23H20N4O2S. The molecule has 0 saturated carbocycles. The Kier molecular flexibility index (Phi) is 4.67. The number of thiazole rings is 1. The molecule has 1 atom stereocenters. The minimum atomic E-state index is -0.366. The lowest BCUT2D eigenvalue weighted by Gasteiger charge is -2.15. The van der Waals surface area contributed by atoms with Gasteiger partial charge in [-0.25, -0.2) is 4.98 Å². The molecule has 0 unspecified atom stereocenters. The van der Waals surface area contributed by atoms with E-state index in [1.54, 1.807) is 36.4 Å². The molecule has 1 N–H and O–H groups in total. The van der Waals surface area contributed by atoms with Crippen LogP contribution in [-0.2, 0) is 12.8 Å². The molecule has 1 aliphatic carbocycles. The maximum absolute atomic E-state index is 13.2. The van der Waals surface area contributed by atoms with E-state index in [0.29, 0.717) is 27.5 Å². The Morgan fingerprint density at radius 3 is 2.63 bits per heavy atom. The molecule has 30 heavy (non-hydrogen) atoms. The van der Waals surface area contributed by atoms with Crippen LogP contribution in [0.4, 0.5) is 5.13 Å². The zero-order valence-corrected chi connectivity index (χ0v) is 17.3. The smallest absolute Gasteiger partial charge is 0.279 e. The van der Waals surface area contributed by atoms with Crippen LogP contribution in [0.1, 0.15) is 34.4 Å². The summed E-state index contributed by atoms with van der Waals surface area (Å²) in [6.45, 7) is 2.24. The van der Waals surface area contributed by atoms with E-state index >= 15 is 0 Å². The van der Waals surface area contributed by atoms with Gasteiger partial charge >= 0.3 is 0 Å². The number of aryl methyl sites for hydroxylation is 1. The zero-order valence-electron chi connectivity index (χ0n) is 16.5. The Hall–Kier alpha value is -3.32. The fraction of sp³-hybridized carbons (Fsp3) is 0.217. The molecular weight excluding hydrogens is 396 g/mol. The summed E-state index contributed by atoms with van der Waals surface area (Å²) in [5.74, 6) is 0.275. The molecule has 4 aromatic rings. The second kappa shape index (κ2) is 7.50. The predicted octanol–water partition coefficient (Wildman–Crippen LogP) is 4.22. The number of fused-ring (bicyclic) bond motifs is 2. The van der Waals surface area contributed by atoms with Crippen LogP contribution < -0.4 is 10.9 Å². The lowest BCUT2D eigenvalue weighted by atomic mass is 9.93. The highest BCUT2D eigenvalue weighted by Gasteiger charge is 2.22. The number of anilines is 1. The summed E-state index contributed by atoms with van der Waals surface area (Å²) >= 11 is 1.53. The quantitative estimate of drug-likeness (QED) is 0.542. The standard InChI is InChI=1S/C23H20N4O2S/c1-14-11-12-18-19(13-14)30-23(24-18)25-21(28)20-16-9-5-6-10-17(16)22(29)27(26-20)15-7-3-2-4-8-15/h2-10,14H,11-13H2,1H3,(H,24,25,28)/t14-/m1/s1. The topological polar surface area (TPSA) is 76.9 Å². The van der Waals surface area contributed by atoms with Gasteiger partial charge in [0, 0.05) is 10.3 Å². The molecule has 2 heterocycles. The van der Waals surface area contributed by atoms with Crippen LogP contribution in [0.15, 0.2) is 59.4 Å². The molecule has 150 valence electrons. The molecule has 6 nitrogen and oxygen atoms in total. The second-order valence-electron chi connectivity index (χ2n) is 7.64. The lowest BCUT2D eigenvalue weighted by molar-refractivity contribution is 0.102. The normalized spacial score (nSPS) is 15.7. The first kappa shape index (κ1) is 18.7. The van der Waals surface area contributed by atoms with E-state index in [0.717, 1.165) is 25.0 Å². The number of rotatable bonds is 3. The van der Waals surface area contributed by atoms with Crippen molar-refractivity contribution in [3.63, 3.8) is 0 Å². The van der Waals surface area contributed by atoms with Crippen molar-refractivity contribution < 1.29 is 4.79 Å². The SMILES string of the molecule is C[C@@H]1CCc2nc(NC(=O)c3nn(-c4ccccc4)c(=O)c4ccccc34)sc2C1. The fourth-order valence-corrected chi connectivity index (χ4v) is 5.02. The number of hydrogen-bond donors (Lipinski definition) is 1. The van der Waals surface area contributed by atoms with Gasteiger partial charge in [0.2, 0.25) is 0 Å². The first-order valence-corrected chi connectivity index (χ1v) is 10.8. The van der Waals surface area contributed by atoms with E-state index in [1.807, 2.05) is 18.2 Å². The average Bonchev–Trinajstić information content (AvgIpc) is 3.16. The van der Waals surface area contributed by atoms with Crippen molar-refractivity contribution in [2.24, 2.45) is 5.92 Å². The molecule has 0 aliphatic heterocycles. The van der Waals surface area contributed by atoms with Gasteiger partial charge in [-0.15, -0.1) is 11.3 Å². The van der Waals surface area contributed by atoms with Crippen LogP contribution in [0.5, 0.6) is 0 Å². The van der Waals surface area contributed by atoms with E-state index < -0.39 is 0 Å². The van der Waals surface area contributed by atoms with Crippen molar-refractivity contribution >= 4 is 33.1 Å². The van der Waals surface area contributed by atoms with Gasteiger partial charge in [0.1, 0.15) is 0 Å². The van der Waals surface area contributed by atoms with Gasteiger partial charge in [0.15, 0.2) is 10.8 Å². The van der Waals surface area contributed by atoms with E-state index in [4.69, 9.17) is 0 Å². The predicted molar refractivity (Wildman–Crippen MR) is 119 cm³/mol. The Balaban J connectivity index is 1.57. The monoisotopic (exact) mass is 416 g/mol. The summed E-state index contributed by atoms with van der Waals surface area (Å²) in [6.07, 6.45) is 3.07. The Bertz CT molecular complexity index is 1310. The number of benzene rings is 2. The average molecular weight is 417 g/mol. The largest absolute Gasteiger partial charge is 0.296 e. The van der Waals surface area contributed by atoms with Crippen LogP contribution in [0.2, 0.25) is 0 Å². The minimum absolute atomic E-state index is 0.204. The van der Waals surface area contributed by atoms with Crippen LogP contribution in [0, 0.1) is 5.92 Å². The van der Waals surface area contributed by atoms with E-state index in [-0.39, 0.29) is 17.2 Å². The summed E-state index contributed by atoms with van der Waals surface area (Å²) in [4.78, 5) is 32.0. The highest BCUT2D eigenvalue weighted by molar-refractivity contribution is 7.15. The molecule has 1 amide bonds. The third kappa shape index (κ3) is 3.31. The molecule has 0 bridgehead atoms. The second-order valence-corrected chi connectivity index (χ2v) is 8.72. The molecule has 2 aromatic carbocycles. The maximum Gasteiger partial charge on any atom is 0.279 e. The van der Waals surface area contributed by atoms with Crippen molar-refractivity contribution in [2.45, 2.75) is 26.2 Å². The first-order chi connectivity index (χ1) is 14.6. The Morgan fingerprint density at radius 1 is 1.10 bits per heavy atom. The molecule has 1 aliphatic rings. The molecule has 0 saturated heterocycles. The van der Waals surface area contributed by atoms with Gasteiger partial charge in [0.25, 0.3) is 11.5 Å². The highest BCUT2D eigenvalue weighted by atomic mass is 32.1. The number of aromatic nitrogens is 3. The summed E-state index contributed by atoms with van der Waals surface area (Å²) in [7, 11) is 0. The Labute approximate surface area is 177 Å². The number of hydrogen-bond acceptors (Lipinski definition) is 5. The van der Waals surface area contributed by atoms with E-state index in [1.165, 1.54) is 20.9 Å². The van der Waals surface area contributed by atoms with Crippen LogP contribution >= 0.6 is 11.3 Å². The van der Waals surface area contributed by atoms with Crippen molar-refractivity contribution in [1.82, 2.24) is 14.8 Å². The molecule has 0 radical (unpaired) electrons. The summed E-state index contributed by atoms with van der Waals surface area (Å²) in [6, 6.07) is 16.2. The van der Waals surface area contributed by atoms with Crippen LogP contribution in [-0.4, -0.2) is 20.7 Å². The number of para-hydroxylation sites is 1. The number of carbonyl (C=O) groups is 1. The lowest BCUT2D eigenvalue weighted by Crippen LogP contribution is -2.26. The third-order valence-corrected chi connectivity index (χ3v) is 6.46. The number of nitrogens with one attached hydrogen (secondary N) is 1. The molecule has 0 fully saturated rings. The summed E-state index contributed by atoms with van der Waals surface area (Å²) < 4.78 is 1.28. The van der Waals surface area contributed by atoms with Crippen LogP contribution in [0.25, 0.3) is 16.5 Å². The molecule has 0 spiro atoms. The van der Waals surface area contributed by atoms with Crippen molar-refractivity contribution in [3.8, 4) is 5.69 Å². The van der Waals surface area contributed by atoms with Crippen LogP contribution in [0.3, 0.4) is 0 Å². The Morgan fingerprint density at radius 2 is 1.83 bits per heavy atom. The van der Waals surface area contributed by atoms with Crippen molar-refractivity contribution in [3.05, 3.63) is 81.2 Å². The number of amides is 1. The fourth-order valence-electron chi connectivity index (χ4n) is 3.85. The van der Waals surface area contributed by atoms with Crippen molar-refractivity contribution in [2.75, 3.05) is 5.32 Å². The van der Waals surface area contributed by atoms with E-state index in [9.17, 15) is 9.59 Å². The van der Waals surface area contributed by atoms with Gasteiger partial charge in [-0.05, 0) is 43.4 Å². The third-order valence-electron chi connectivity index (χ3n) is 5.43. The first-order valence-electron chi connectivity index (χ1n) is 9.97. The van der Waals surface area contributed by atoms with E-state index in [2.05, 4.69) is 22.3 Å².